The van der Waals surface area contributed by atoms with Gasteiger partial charge in [0, 0.05) is 25.0 Å². The molecule has 0 radical (unpaired) electrons. The summed E-state index contributed by atoms with van der Waals surface area (Å²) in [6, 6.07) is 6.52. The first kappa shape index (κ1) is 35.0. The van der Waals surface area contributed by atoms with Crippen molar-refractivity contribution in [2.24, 2.45) is 11.3 Å². The SMILES string of the molecule is CC1OC(=O)C2CCCN(N2)C(=O)C(CC(=O)N2CCCCC2)NC(=O)C(C(C)C)NC(=O)C(C)(C)C=Cc2ccc3ccc1nc3c2. The molecule has 258 valence electrons. The van der Waals surface area contributed by atoms with Crippen molar-refractivity contribution in [3.8, 4) is 0 Å². The van der Waals surface area contributed by atoms with Gasteiger partial charge in [-0.1, -0.05) is 44.2 Å². The Morgan fingerprint density at radius 1 is 1.00 bits per heavy atom. The average Bonchev–Trinajstić information content (AvgIpc) is 3.08. The molecule has 12 nitrogen and oxygen atoms in total. The van der Waals surface area contributed by atoms with Gasteiger partial charge in [0.05, 0.1) is 23.0 Å². The fourth-order valence-electron chi connectivity index (χ4n) is 6.25. The van der Waals surface area contributed by atoms with Gasteiger partial charge in [-0.05, 0) is 76.5 Å². The monoisotopic (exact) mass is 660 g/mol. The second kappa shape index (κ2) is 14.8. The summed E-state index contributed by atoms with van der Waals surface area (Å²) < 4.78 is 5.83. The maximum absolute atomic E-state index is 14.0. The highest BCUT2D eigenvalue weighted by atomic mass is 16.5. The van der Waals surface area contributed by atoms with E-state index in [0.717, 1.165) is 30.2 Å². The molecule has 0 saturated carbocycles. The Bertz CT molecular complexity index is 1580. The van der Waals surface area contributed by atoms with E-state index >= 15 is 0 Å². The predicted molar refractivity (Wildman–Crippen MR) is 181 cm³/mol. The summed E-state index contributed by atoms with van der Waals surface area (Å²) in [5.41, 5.74) is 4.11. The molecule has 4 amide bonds. The zero-order valence-corrected chi connectivity index (χ0v) is 28.6. The van der Waals surface area contributed by atoms with Crippen molar-refractivity contribution in [1.82, 2.24) is 31.0 Å². The molecular formula is C36H48N6O6. The Hall–Kier alpha value is -4.32. The molecule has 12 heteroatoms. The molecule has 4 unspecified atom stereocenters. The van der Waals surface area contributed by atoms with Gasteiger partial charge in [0.15, 0.2) is 0 Å². The fraction of sp³-hybridized carbons (Fsp3) is 0.556. The molecule has 5 bridgehead atoms. The normalized spacial score (nSPS) is 25.9. The Morgan fingerprint density at radius 3 is 2.46 bits per heavy atom. The summed E-state index contributed by atoms with van der Waals surface area (Å²) in [5, 5.41) is 7.91. The van der Waals surface area contributed by atoms with Crippen molar-refractivity contribution < 1.29 is 28.7 Å². The van der Waals surface area contributed by atoms with E-state index in [9.17, 15) is 24.0 Å². The largest absolute Gasteiger partial charge is 0.455 e. The third-order valence-corrected chi connectivity index (χ3v) is 9.40. The topological polar surface area (TPSA) is 150 Å². The average molecular weight is 661 g/mol. The molecule has 0 spiro atoms. The second-order valence-corrected chi connectivity index (χ2v) is 14.0. The number of carbonyl (C=O) groups is 5. The van der Waals surface area contributed by atoms with Crippen molar-refractivity contribution in [1.29, 1.82) is 0 Å². The Morgan fingerprint density at radius 2 is 1.73 bits per heavy atom. The zero-order chi connectivity index (χ0) is 34.6. The molecular weight excluding hydrogens is 612 g/mol. The number of nitrogens with one attached hydrogen (secondary N) is 3. The molecule has 48 heavy (non-hydrogen) atoms. The Labute approximate surface area is 282 Å². The number of cyclic esters (lactones) is 1. The number of hydrogen-bond donors (Lipinski definition) is 3. The first-order valence-corrected chi connectivity index (χ1v) is 17.1. The number of fused-ring (bicyclic) bond motifs is 4. The lowest BCUT2D eigenvalue weighted by Gasteiger charge is -2.36. The molecule has 3 N–H and O–H groups in total. The molecule has 5 rings (SSSR count). The number of likely N-dealkylation sites (tertiary alicyclic amines) is 1. The number of nitrogens with zero attached hydrogens (tertiary/aromatic N) is 3. The van der Waals surface area contributed by atoms with Gasteiger partial charge in [0.25, 0.3) is 5.91 Å². The molecule has 2 saturated heterocycles. The summed E-state index contributed by atoms with van der Waals surface area (Å²) in [6.45, 7) is 10.4. The molecule has 1 aromatic heterocycles. The van der Waals surface area contributed by atoms with Crippen LogP contribution in [0.3, 0.4) is 0 Å². The number of piperidine rings is 1. The van der Waals surface area contributed by atoms with Gasteiger partial charge >= 0.3 is 5.97 Å². The van der Waals surface area contributed by atoms with Crippen LogP contribution in [0.15, 0.2) is 36.4 Å². The highest BCUT2D eigenvalue weighted by Gasteiger charge is 2.38. The van der Waals surface area contributed by atoms with Gasteiger partial charge < -0.3 is 20.3 Å². The Kier molecular flexibility index (Phi) is 10.8. The molecule has 0 aliphatic carbocycles. The van der Waals surface area contributed by atoms with Crippen LogP contribution in [0.5, 0.6) is 0 Å². The number of benzene rings is 1. The molecule has 1 aromatic carbocycles. The zero-order valence-electron chi connectivity index (χ0n) is 28.6. The van der Waals surface area contributed by atoms with Crippen LogP contribution in [-0.4, -0.2) is 82.3 Å². The molecule has 2 aromatic rings. The number of rotatable bonds is 3. The fourth-order valence-corrected chi connectivity index (χ4v) is 6.25. The van der Waals surface area contributed by atoms with Crippen LogP contribution in [0.25, 0.3) is 17.0 Å². The van der Waals surface area contributed by atoms with E-state index in [2.05, 4.69) is 16.1 Å². The highest BCUT2D eigenvalue weighted by molar-refractivity contribution is 5.96. The van der Waals surface area contributed by atoms with Crippen molar-refractivity contribution in [3.05, 3.63) is 47.7 Å². The lowest BCUT2D eigenvalue weighted by Crippen LogP contribution is -2.62. The summed E-state index contributed by atoms with van der Waals surface area (Å²) in [5.74, 6) is -2.54. The smallest absolute Gasteiger partial charge is 0.325 e. The lowest BCUT2D eigenvalue weighted by atomic mass is 9.89. The van der Waals surface area contributed by atoms with Gasteiger partial charge in [-0.3, -0.25) is 29.0 Å². The van der Waals surface area contributed by atoms with Crippen LogP contribution in [0.2, 0.25) is 0 Å². The molecule has 3 aliphatic heterocycles. The number of pyridine rings is 1. The van der Waals surface area contributed by atoms with E-state index in [1.54, 1.807) is 31.7 Å². The number of aromatic nitrogens is 1. The van der Waals surface area contributed by atoms with E-state index in [1.165, 1.54) is 5.01 Å². The first-order valence-electron chi connectivity index (χ1n) is 17.1. The van der Waals surface area contributed by atoms with Gasteiger partial charge in [0.1, 0.15) is 24.2 Å². The summed E-state index contributed by atoms with van der Waals surface area (Å²) in [7, 11) is 0. The first-order chi connectivity index (χ1) is 22.8. The summed E-state index contributed by atoms with van der Waals surface area (Å²) in [6.07, 6.45) is 6.47. The van der Waals surface area contributed by atoms with Gasteiger partial charge in [-0.25, -0.2) is 10.4 Å². The van der Waals surface area contributed by atoms with E-state index in [1.807, 2.05) is 50.3 Å². The van der Waals surface area contributed by atoms with Crippen molar-refractivity contribution in [2.45, 2.75) is 97.4 Å². The molecule has 4 heterocycles. The van der Waals surface area contributed by atoms with Crippen molar-refractivity contribution in [2.75, 3.05) is 19.6 Å². The van der Waals surface area contributed by atoms with E-state index in [-0.39, 0.29) is 30.7 Å². The highest BCUT2D eigenvalue weighted by Crippen LogP contribution is 2.25. The third-order valence-electron chi connectivity index (χ3n) is 9.40. The third kappa shape index (κ3) is 8.21. The van der Waals surface area contributed by atoms with Crippen LogP contribution in [0.4, 0.5) is 0 Å². The predicted octanol–water partition coefficient (Wildman–Crippen LogP) is 3.42. The summed E-state index contributed by atoms with van der Waals surface area (Å²) in [4.78, 5) is 74.7. The van der Waals surface area contributed by atoms with Crippen molar-refractivity contribution >= 4 is 46.6 Å². The Balaban J connectivity index is 1.49. The van der Waals surface area contributed by atoms with Crippen LogP contribution < -0.4 is 16.1 Å². The number of hydrazine groups is 1. The van der Waals surface area contributed by atoms with Gasteiger partial charge in [0.2, 0.25) is 17.7 Å². The number of hydrogen-bond acceptors (Lipinski definition) is 8. The maximum atomic E-state index is 14.0. The van der Waals surface area contributed by atoms with Crippen LogP contribution >= 0.6 is 0 Å². The summed E-state index contributed by atoms with van der Waals surface area (Å²) >= 11 is 0. The maximum Gasteiger partial charge on any atom is 0.325 e. The molecule has 3 aliphatic rings. The molecule has 2 fully saturated rings. The van der Waals surface area contributed by atoms with Crippen LogP contribution in [0.1, 0.15) is 90.5 Å². The number of amides is 4. The number of ether oxygens (including phenoxy) is 1. The number of carbonyl (C=O) groups excluding carboxylic acids is 5. The quantitative estimate of drug-likeness (QED) is 0.424. The van der Waals surface area contributed by atoms with E-state index in [0.29, 0.717) is 37.1 Å². The van der Waals surface area contributed by atoms with Gasteiger partial charge in [-0.2, -0.15) is 0 Å². The minimum absolute atomic E-state index is 0.231. The standard InChI is InChI=1S/C36H48N6O6/c1-22(2)31-32(44)38-29(21-30(43)41-17-7-6-8-18-41)33(45)42-19-9-10-27(40-42)34(46)48-23(3)26-14-13-25-12-11-24(20-28(25)37-26)15-16-36(4,5)35(47)39-31/h11-16,20,22-23,27,29,31,40H,6-10,17-19,21H2,1-5H3,(H,38,44)(H,39,47). The minimum Gasteiger partial charge on any atom is -0.455 e. The lowest BCUT2D eigenvalue weighted by molar-refractivity contribution is -0.157. The van der Waals surface area contributed by atoms with E-state index in [4.69, 9.17) is 9.72 Å². The second-order valence-electron chi connectivity index (χ2n) is 14.0. The van der Waals surface area contributed by atoms with Crippen molar-refractivity contribution in [3.63, 3.8) is 0 Å². The van der Waals surface area contributed by atoms with Crippen LogP contribution in [-0.2, 0) is 28.7 Å². The van der Waals surface area contributed by atoms with Crippen LogP contribution in [0, 0.1) is 11.3 Å². The minimum atomic E-state index is -1.21. The van der Waals surface area contributed by atoms with E-state index < -0.39 is 47.4 Å². The molecule has 4 atom stereocenters. The number of esters is 1. The van der Waals surface area contributed by atoms with Gasteiger partial charge in [-0.15, -0.1) is 0 Å².